The maximum absolute atomic E-state index is 12.1. The summed E-state index contributed by atoms with van der Waals surface area (Å²) in [5.41, 5.74) is -1.48. The normalized spacial score (nSPS) is 18.0. The summed E-state index contributed by atoms with van der Waals surface area (Å²) in [7, 11) is 0. The fourth-order valence-corrected chi connectivity index (χ4v) is 1.92. The van der Waals surface area contributed by atoms with Gasteiger partial charge in [0.15, 0.2) is 5.41 Å². The van der Waals surface area contributed by atoms with E-state index in [1.165, 1.54) is 0 Å². The van der Waals surface area contributed by atoms with Gasteiger partial charge < -0.3 is 14.6 Å². The summed E-state index contributed by atoms with van der Waals surface area (Å²) in [6.07, 6.45) is 0.294. The van der Waals surface area contributed by atoms with Crippen LogP contribution in [0, 0.1) is 5.41 Å². The molecule has 0 aromatic heterocycles. The molecule has 96 valence electrons. The maximum Gasteiger partial charge on any atom is 0.329 e. The van der Waals surface area contributed by atoms with Gasteiger partial charge in [-0.15, -0.1) is 0 Å². The number of benzene rings is 1. The van der Waals surface area contributed by atoms with Crippen molar-refractivity contribution in [3.05, 3.63) is 30.3 Å². The summed E-state index contributed by atoms with van der Waals surface area (Å²) in [5, 5.41) is 9.28. The van der Waals surface area contributed by atoms with Gasteiger partial charge >= 0.3 is 11.9 Å². The third-order valence-corrected chi connectivity index (χ3v) is 3.10. The van der Waals surface area contributed by atoms with E-state index in [4.69, 9.17) is 9.47 Å². The van der Waals surface area contributed by atoms with Gasteiger partial charge in [0.05, 0.1) is 0 Å². The van der Waals surface area contributed by atoms with Gasteiger partial charge in [0.2, 0.25) is 0 Å². The first kappa shape index (κ1) is 12.6. The summed E-state index contributed by atoms with van der Waals surface area (Å²) in [6, 6.07) is 8.47. The highest BCUT2D eigenvalue weighted by molar-refractivity contribution is 6.00. The number of carboxylic acids is 1. The van der Waals surface area contributed by atoms with Crippen LogP contribution in [0.5, 0.6) is 5.75 Å². The molecule has 1 aromatic rings. The number of para-hydroxylation sites is 1. The average Bonchev–Trinajstić information content (AvgIpc) is 2.40. The van der Waals surface area contributed by atoms with Gasteiger partial charge in [0, 0.05) is 13.2 Å². The van der Waals surface area contributed by atoms with E-state index in [2.05, 4.69) is 0 Å². The smallest absolute Gasteiger partial charge is 0.329 e. The Morgan fingerprint density at radius 3 is 2.33 bits per heavy atom. The van der Waals surface area contributed by atoms with Crippen molar-refractivity contribution in [3.8, 4) is 5.75 Å². The van der Waals surface area contributed by atoms with Crippen LogP contribution in [0.2, 0.25) is 0 Å². The molecular formula is C13H14O5. The highest BCUT2D eigenvalue weighted by atomic mass is 16.5. The summed E-state index contributed by atoms with van der Waals surface area (Å²) >= 11 is 0. The number of aliphatic carboxylic acids is 1. The van der Waals surface area contributed by atoms with E-state index < -0.39 is 17.4 Å². The Kier molecular flexibility index (Phi) is 3.62. The Morgan fingerprint density at radius 2 is 1.78 bits per heavy atom. The Bertz CT molecular complexity index is 434. The Hall–Kier alpha value is -1.88. The van der Waals surface area contributed by atoms with Crippen LogP contribution >= 0.6 is 0 Å². The van der Waals surface area contributed by atoms with E-state index in [-0.39, 0.29) is 26.1 Å². The minimum atomic E-state index is -1.48. The zero-order valence-corrected chi connectivity index (χ0v) is 9.80. The third kappa shape index (κ3) is 2.36. The number of ether oxygens (including phenoxy) is 2. The van der Waals surface area contributed by atoms with Gasteiger partial charge in [-0.3, -0.25) is 9.59 Å². The highest BCUT2D eigenvalue weighted by Gasteiger charge is 2.49. The molecule has 1 aromatic carbocycles. The van der Waals surface area contributed by atoms with Crippen molar-refractivity contribution in [2.75, 3.05) is 13.2 Å². The average molecular weight is 250 g/mol. The maximum atomic E-state index is 12.1. The van der Waals surface area contributed by atoms with Crippen LogP contribution in [0.3, 0.4) is 0 Å². The number of esters is 1. The zero-order chi connectivity index (χ0) is 13.0. The van der Waals surface area contributed by atoms with Crippen molar-refractivity contribution in [2.45, 2.75) is 12.8 Å². The van der Waals surface area contributed by atoms with Crippen LogP contribution < -0.4 is 4.74 Å². The fraction of sp³-hybridized carbons (Fsp3) is 0.385. The molecule has 0 bridgehead atoms. The predicted octanol–water partition coefficient (Wildman–Crippen LogP) is 1.47. The first-order valence-corrected chi connectivity index (χ1v) is 5.74. The number of hydrogen-bond donors (Lipinski definition) is 1. The van der Waals surface area contributed by atoms with Gasteiger partial charge in [-0.25, -0.2) is 0 Å². The number of carbonyl (C=O) groups excluding carboxylic acids is 1. The van der Waals surface area contributed by atoms with Crippen LogP contribution in [0.4, 0.5) is 0 Å². The van der Waals surface area contributed by atoms with Crippen LogP contribution in [0.1, 0.15) is 12.8 Å². The Balaban J connectivity index is 2.16. The standard InChI is InChI=1S/C13H14O5/c14-11(15)13(6-8-17-9-7-13)12(16)18-10-4-2-1-3-5-10/h1-5H,6-9H2,(H,14,15). The van der Waals surface area contributed by atoms with E-state index in [0.29, 0.717) is 5.75 Å². The van der Waals surface area contributed by atoms with Crippen LogP contribution in [0.25, 0.3) is 0 Å². The topological polar surface area (TPSA) is 72.8 Å². The lowest BCUT2D eigenvalue weighted by Crippen LogP contribution is -2.46. The summed E-state index contributed by atoms with van der Waals surface area (Å²) < 4.78 is 10.2. The molecule has 18 heavy (non-hydrogen) atoms. The molecule has 0 saturated carbocycles. The molecular weight excluding hydrogens is 236 g/mol. The molecule has 1 heterocycles. The van der Waals surface area contributed by atoms with Crippen molar-refractivity contribution < 1.29 is 24.2 Å². The molecule has 1 saturated heterocycles. The lowest BCUT2D eigenvalue weighted by atomic mass is 9.80. The van der Waals surface area contributed by atoms with E-state index >= 15 is 0 Å². The van der Waals surface area contributed by atoms with Gasteiger partial charge in [0.25, 0.3) is 0 Å². The lowest BCUT2D eigenvalue weighted by Gasteiger charge is -2.30. The van der Waals surface area contributed by atoms with Crippen molar-refractivity contribution >= 4 is 11.9 Å². The van der Waals surface area contributed by atoms with E-state index in [0.717, 1.165) is 0 Å². The second-order valence-corrected chi connectivity index (χ2v) is 4.20. The van der Waals surface area contributed by atoms with Crippen molar-refractivity contribution in [1.82, 2.24) is 0 Å². The number of carbonyl (C=O) groups is 2. The van der Waals surface area contributed by atoms with Crippen LogP contribution in [-0.4, -0.2) is 30.3 Å². The summed E-state index contributed by atoms with van der Waals surface area (Å²) in [5.74, 6) is -1.51. The molecule has 1 N–H and O–H groups in total. The van der Waals surface area contributed by atoms with E-state index in [1.807, 2.05) is 0 Å². The monoisotopic (exact) mass is 250 g/mol. The first-order valence-electron chi connectivity index (χ1n) is 5.74. The molecule has 1 fully saturated rings. The molecule has 2 rings (SSSR count). The van der Waals surface area contributed by atoms with Crippen LogP contribution in [-0.2, 0) is 14.3 Å². The first-order chi connectivity index (χ1) is 8.65. The molecule has 0 amide bonds. The molecule has 0 radical (unpaired) electrons. The van der Waals surface area contributed by atoms with Gasteiger partial charge in [-0.2, -0.15) is 0 Å². The second-order valence-electron chi connectivity index (χ2n) is 4.20. The molecule has 0 unspecified atom stereocenters. The molecule has 0 atom stereocenters. The highest BCUT2D eigenvalue weighted by Crippen LogP contribution is 2.32. The molecule has 1 aliphatic heterocycles. The second kappa shape index (κ2) is 5.18. The lowest BCUT2D eigenvalue weighted by molar-refractivity contribution is -0.169. The van der Waals surface area contributed by atoms with Gasteiger partial charge in [-0.1, -0.05) is 18.2 Å². The van der Waals surface area contributed by atoms with Crippen molar-refractivity contribution in [3.63, 3.8) is 0 Å². The van der Waals surface area contributed by atoms with E-state index in [9.17, 15) is 14.7 Å². The van der Waals surface area contributed by atoms with Crippen molar-refractivity contribution in [2.24, 2.45) is 5.41 Å². The number of carboxylic acid groups (broad SMARTS) is 1. The quantitative estimate of drug-likeness (QED) is 0.499. The third-order valence-electron chi connectivity index (χ3n) is 3.10. The largest absolute Gasteiger partial charge is 0.480 e. The molecule has 0 spiro atoms. The number of rotatable bonds is 3. The molecule has 0 aliphatic carbocycles. The minimum Gasteiger partial charge on any atom is -0.480 e. The van der Waals surface area contributed by atoms with Crippen molar-refractivity contribution in [1.29, 1.82) is 0 Å². The SMILES string of the molecule is O=C(O)C1(C(=O)Oc2ccccc2)CCOCC1. The predicted molar refractivity (Wildman–Crippen MR) is 62.2 cm³/mol. The van der Waals surface area contributed by atoms with Crippen LogP contribution in [0.15, 0.2) is 30.3 Å². The number of hydrogen-bond acceptors (Lipinski definition) is 4. The Labute approximate surface area is 104 Å². The molecule has 1 aliphatic rings. The zero-order valence-electron chi connectivity index (χ0n) is 9.80. The minimum absolute atomic E-state index is 0.147. The molecule has 5 heteroatoms. The Morgan fingerprint density at radius 1 is 1.17 bits per heavy atom. The summed E-state index contributed by atoms with van der Waals surface area (Å²) in [6.45, 7) is 0.520. The molecule has 5 nitrogen and oxygen atoms in total. The van der Waals surface area contributed by atoms with Gasteiger partial charge in [-0.05, 0) is 25.0 Å². The fourth-order valence-electron chi connectivity index (χ4n) is 1.92. The van der Waals surface area contributed by atoms with E-state index in [1.54, 1.807) is 30.3 Å². The van der Waals surface area contributed by atoms with Gasteiger partial charge in [0.1, 0.15) is 5.75 Å². The summed E-state index contributed by atoms with van der Waals surface area (Å²) in [4.78, 5) is 23.4.